The lowest BCUT2D eigenvalue weighted by Crippen LogP contribution is -2.30. The molecule has 0 amide bonds. The van der Waals surface area contributed by atoms with Crippen LogP contribution < -0.4 is 0 Å². The Balaban J connectivity index is 1.78. The SMILES string of the molecule is Cc1cccc(CN2CCCn3cccc3[C@@H]2c2ccc(F)cc2F)c1. The third kappa shape index (κ3) is 3.29. The van der Waals surface area contributed by atoms with Crippen LogP contribution in [0.2, 0.25) is 0 Å². The van der Waals surface area contributed by atoms with Crippen molar-refractivity contribution in [3.63, 3.8) is 0 Å². The van der Waals surface area contributed by atoms with Crippen LogP contribution in [0.3, 0.4) is 0 Å². The fourth-order valence-electron chi connectivity index (χ4n) is 3.93. The second-order valence-corrected chi connectivity index (χ2v) is 7.01. The first kappa shape index (κ1) is 17.0. The average molecular weight is 352 g/mol. The fourth-order valence-corrected chi connectivity index (χ4v) is 3.93. The number of halogens is 2. The summed E-state index contributed by atoms with van der Waals surface area (Å²) in [6.07, 6.45) is 3.03. The number of hydrogen-bond acceptors (Lipinski definition) is 1. The van der Waals surface area contributed by atoms with Gasteiger partial charge in [-0.2, -0.15) is 0 Å². The predicted octanol–water partition coefficient (Wildman–Crippen LogP) is 5.07. The average Bonchev–Trinajstić information content (AvgIpc) is 2.98. The Kier molecular flexibility index (Phi) is 4.60. The van der Waals surface area contributed by atoms with E-state index in [1.165, 1.54) is 17.2 Å². The molecule has 1 aromatic heterocycles. The molecule has 1 atom stereocenters. The van der Waals surface area contributed by atoms with Gasteiger partial charge in [-0.3, -0.25) is 4.90 Å². The number of fused-ring (bicyclic) bond motifs is 1. The van der Waals surface area contributed by atoms with Gasteiger partial charge in [0.2, 0.25) is 0 Å². The molecule has 0 radical (unpaired) electrons. The summed E-state index contributed by atoms with van der Waals surface area (Å²) in [5.74, 6) is -1.03. The highest BCUT2D eigenvalue weighted by Crippen LogP contribution is 2.34. The summed E-state index contributed by atoms with van der Waals surface area (Å²) in [6, 6.07) is 16.1. The Morgan fingerprint density at radius 2 is 1.88 bits per heavy atom. The predicted molar refractivity (Wildman–Crippen MR) is 98.8 cm³/mol. The molecule has 0 unspecified atom stereocenters. The maximum atomic E-state index is 14.7. The monoisotopic (exact) mass is 352 g/mol. The zero-order chi connectivity index (χ0) is 18.1. The molecule has 4 rings (SSSR count). The van der Waals surface area contributed by atoms with Crippen molar-refractivity contribution < 1.29 is 8.78 Å². The van der Waals surface area contributed by atoms with Crippen LogP contribution in [-0.2, 0) is 13.1 Å². The number of hydrogen-bond donors (Lipinski definition) is 0. The zero-order valence-electron chi connectivity index (χ0n) is 14.8. The van der Waals surface area contributed by atoms with Crippen LogP contribution in [0.25, 0.3) is 0 Å². The van der Waals surface area contributed by atoms with E-state index in [0.717, 1.165) is 37.8 Å². The van der Waals surface area contributed by atoms with Crippen molar-refractivity contribution in [1.82, 2.24) is 9.47 Å². The van der Waals surface area contributed by atoms with Crippen LogP contribution >= 0.6 is 0 Å². The molecule has 0 fully saturated rings. The molecule has 4 heteroatoms. The lowest BCUT2D eigenvalue weighted by atomic mass is 10.00. The van der Waals surface area contributed by atoms with Gasteiger partial charge in [-0.25, -0.2) is 8.78 Å². The summed E-state index contributed by atoms with van der Waals surface area (Å²) in [6.45, 7) is 4.58. The Morgan fingerprint density at radius 3 is 2.69 bits per heavy atom. The highest BCUT2D eigenvalue weighted by molar-refractivity contribution is 5.32. The molecular formula is C22H22F2N2. The third-order valence-corrected chi connectivity index (χ3v) is 5.08. The standard InChI is InChI=1S/C22H22F2N2/c1-16-5-2-6-17(13-16)15-26-12-4-11-25-10-3-7-21(25)22(26)19-9-8-18(23)14-20(19)24/h2-3,5-10,13-14,22H,4,11-12,15H2,1H3/t22-/m0/s1. The van der Waals surface area contributed by atoms with Crippen LogP contribution in [0.5, 0.6) is 0 Å². The number of benzene rings is 2. The van der Waals surface area contributed by atoms with Gasteiger partial charge in [0.15, 0.2) is 0 Å². The van der Waals surface area contributed by atoms with E-state index >= 15 is 0 Å². The van der Waals surface area contributed by atoms with Gasteiger partial charge in [-0.05, 0) is 37.1 Å². The summed E-state index contributed by atoms with van der Waals surface area (Å²) in [5.41, 5.74) is 4.00. The second-order valence-electron chi connectivity index (χ2n) is 7.01. The van der Waals surface area contributed by atoms with Crippen LogP contribution in [0.15, 0.2) is 60.8 Å². The van der Waals surface area contributed by atoms with Crippen molar-refractivity contribution in [3.8, 4) is 0 Å². The van der Waals surface area contributed by atoms with Gasteiger partial charge in [0.1, 0.15) is 11.6 Å². The van der Waals surface area contributed by atoms with Gasteiger partial charge in [0.25, 0.3) is 0 Å². The normalized spacial score (nSPS) is 17.7. The van der Waals surface area contributed by atoms with E-state index < -0.39 is 11.6 Å². The van der Waals surface area contributed by atoms with Crippen LogP contribution in [0.4, 0.5) is 8.78 Å². The van der Waals surface area contributed by atoms with Crippen LogP contribution in [0.1, 0.15) is 34.8 Å². The van der Waals surface area contributed by atoms with Gasteiger partial charge in [0.05, 0.1) is 6.04 Å². The van der Waals surface area contributed by atoms with Crippen molar-refractivity contribution in [2.24, 2.45) is 0 Å². The quantitative estimate of drug-likeness (QED) is 0.639. The second kappa shape index (κ2) is 7.04. The molecule has 0 bridgehead atoms. The maximum absolute atomic E-state index is 14.7. The van der Waals surface area contributed by atoms with E-state index in [2.05, 4.69) is 40.7 Å². The van der Waals surface area contributed by atoms with Gasteiger partial charge in [-0.1, -0.05) is 35.9 Å². The Hall–Kier alpha value is -2.46. The van der Waals surface area contributed by atoms with Gasteiger partial charge in [-0.15, -0.1) is 0 Å². The number of aryl methyl sites for hydroxylation is 2. The van der Waals surface area contributed by atoms with Gasteiger partial charge >= 0.3 is 0 Å². The van der Waals surface area contributed by atoms with E-state index in [0.29, 0.717) is 5.56 Å². The summed E-state index contributed by atoms with van der Waals surface area (Å²) < 4.78 is 30.3. The molecule has 0 aliphatic carbocycles. The van der Waals surface area contributed by atoms with Crippen LogP contribution in [0, 0.1) is 18.6 Å². The number of nitrogens with zero attached hydrogens (tertiary/aromatic N) is 2. The van der Waals surface area contributed by atoms with Gasteiger partial charge < -0.3 is 4.57 Å². The van der Waals surface area contributed by atoms with E-state index in [-0.39, 0.29) is 6.04 Å². The van der Waals surface area contributed by atoms with Gasteiger partial charge in [0, 0.05) is 43.2 Å². The molecule has 0 spiro atoms. The van der Waals surface area contributed by atoms with E-state index in [9.17, 15) is 8.78 Å². The zero-order valence-corrected chi connectivity index (χ0v) is 14.8. The molecule has 2 aromatic carbocycles. The molecular weight excluding hydrogens is 330 g/mol. The molecule has 26 heavy (non-hydrogen) atoms. The number of aromatic nitrogens is 1. The molecule has 0 saturated heterocycles. The highest BCUT2D eigenvalue weighted by Gasteiger charge is 2.29. The summed E-state index contributed by atoms with van der Waals surface area (Å²) in [4.78, 5) is 2.30. The van der Waals surface area contributed by atoms with Crippen molar-refractivity contribution in [3.05, 3.63) is 94.8 Å². The fraction of sp³-hybridized carbons (Fsp3) is 0.273. The molecule has 1 aliphatic heterocycles. The van der Waals surface area contributed by atoms with Crippen molar-refractivity contribution in [2.45, 2.75) is 32.5 Å². The van der Waals surface area contributed by atoms with E-state index in [1.807, 2.05) is 18.3 Å². The molecule has 0 N–H and O–H groups in total. The molecule has 0 saturated carbocycles. The molecule has 3 aromatic rings. The molecule has 2 nitrogen and oxygen atoms in total. The lowest BCUT2D eigenvalue weighted by Gasteiger charge is -2.31. The molecule has 134 valence electrons. The minimum atomic E-state index is -0.541. The van der Waals surface area contributed by atoms with Crippen LogP contribution in [-0.4, -0.2) is 16.0 Å². The first-order valence-corrected chi connectivity index (χ1v) is 9.01. The minimum absolute atomic E-state index is 0.228. The largest absolute Gasteiger partial charge is 0.350 e. The number of rotatable bonds is 3. The minimum Gasteiger partial charge on any atom is -0.350 e. The maximum Gasteiger partial charge on any atom is 0.131 e. The van der Waals surface area contributed by atoms with Crippen molar-refractivity contribution in [1.29, 1.82) is 0 Å². The lowest BCUT2D eigenvalue weighted by molar-refractivity contribution is 0.216. The third-order valence-electron chi connectivity index (χ3n) is 5.08. The first-order valence-electron chi connectivity index (χ1n) is 9.01. The Bertz CT molecular complexity index is 916. The Labute approximate surface area is 152 Å². The van der Waals surface area contributed by atoms with E-state index in [1.54, 1.807) is 6.07 Å². The molecule has 2 heterocycles. The smallest absolute Gasteiger partial charge is 0.131 e. The Morgan fingerprint density at radius 1 is 1.00 bits per heavy atom. The molecule has 1 aliphatic rings. The summed E-state index contributed by atoms with van der Waals surface area (Å²) in [5, 5.41) is 0. The highest BCUT2D eigenvalue weighted by atomic mass is 19.1. The van der Waals surface area contributed by atoms with E-state index in [4.69, 9.17) is 0 Å². The topological polar surface area (TPSA) is 8.17 Å². The van der Waals surface area contributed by atoms with Crippen molar-refractivity contribution in [2.75, 3.05) is 6.54 Å². The summed E-state index contributed by atoms with van der Waals surface area (Å²) >= 11 is 0. The van der Waals surface area contributed by atoms with Crippen molar-refractivity contribution >= 4 is 0 Å². The summed E-state index contributed by atoms with van der Waals surface area (Å²) in [7, 11) is 0. The first-order chi connectivity index (χ1) is 12.6.